The molecule has 9 heteroatoms. The summed E-state index contributed by atoms with van der Waals surface area (Å²) in [5.41, 5.74) is 0. The Kier molecular flexibility index (Phi) is 5.56. The van der Waals surface area contributed by atoms with E-state index >= 15 is 0 Å². The number of methoxy groups -OCH3 is 1. The molecule has 18 heavy (non-hydrogen) atoms. The Morgan fingerprint density at radius 2 is 2.17 bits per heavy atom. The molecule has 1 rings (SSSR count). The van der Waals surface area contributed by atoms with Crippen LogP contribution >= 0.6 is 11.8 Å². The van der Waals surface area contributed by atoms with Gasteiger partial charge in [-0.1, -0.05) is 11.8 Å². The Morgan fingerprint density at radius 3 is 2.78 bits per heavy atom. The maximum atomic E-state index is 11.4. The second kappa shape index (κ2) is 6.94. The predicted molar refractivity (Wildman–Crippen MR) is 63.9 cm³/mol. The third kappa shape index (κ3) is 4.32. The summed E-state index contributed by atoms with van der Waals surface area (Å²) < 4.78 is 5.87. The minimum atomic E-state index is -0.423. The Hall–Kier alpha value is -1.64. The fraction of sp³-hybridized carbons (Fsp3) is 0.667. The molecule has 0 unspecified atom stereocenters. The highest BCUT2D eigenvalue weighted by Crippen LogP contribution is 2.14. The smallest absolute Gasteiger partial charge is 0.327 e. The van der Waals surface area contributed by atoms with Crippen LogP contribution in [0.25, 0.3) is 0 Å². The number of thioether (sulfide) groups is 1. The van der Waals surface area contributed by atoms with Crippen molar-refractivity contribution in [3.05, 3.63) is 0 Å². The van der Waals surface area contributed by atoms with Crippen molar-refractivity contribution < 1.29 is 14.3 Å². The summed E-state index contributed by atoms with van der Waals surface area (Å²) in [6, 6.07) is 0. The lowest BCUT2D eigenvalue weighted by molar-refractivity contribution is -0.141. The first kappa shape index (κ1) is 14.4. The van der Waals surface area contributed by atoms with E-state index in [1.165, 1.54) is 28.5 Å². The van der Waals surface area contributed by atoms with E-state index in [1.807, 2.05) is 0 Å². The number of rotatable bonds is 6. The minimum absolute atomic E-state index is 0.0343. The van der Waals surface area contributed by atoms with Gasteiger partial charge in [-0.15, -0.1) is 5.10 Å². The first-order valence-electron chi connectivity index (χ1n) is 5.20. The first-order valence-corrected chi connectivity index (χ1v) is 6.19. The van der Waals surface area contributed by atoms with E-state index in [0.29, 0.717) is 17.3 Å². The molecule has 0 atom stereocenters. The number of esters is 1. The fourth-order valence-corrected chi connectivity index (χ4v) is 1.84. The van der Waals surface area contributed by atoms with Gasteiger partial charge in [-0.2, -0.15) is 0 Å². The summed E-state index contributed by atoms with van der Waals surface area (Å²) in [6.45, 7) is -0.0343. The average molecular weight is 273 g/mol. The van der Waals surface area contributed by atoms with Gasteiger partial charge in [0.2, 0.25) is 11.1 Å². The van der Waals surface area contributed by atoms with Crippen LogP contribution in [0, 0.1) is 0 Å². The summed E-state index contributed by atoms with van der Waals surface area (Å²) in [7, 11) is 4.71. The SMILES string of the molecule is COC(=O)Cn1nnnc1SCCC(=O)N(C)C. The van der Waals surface area contributed by atoms with E-state index in [-0.39, 0.29) is 12.5 Å². The van der Waals surface area contributed by atoms with E-state index in [1.54, 1.807) is 14.1 Å². The van der Waals surface area contributed by atoms with Gasteiger partial charge < -0.3 is 9.64 Å². The van der Waals surface area contributed by atoms with Gasteiger partial charge in [0.25, 0.3) is 0 Å². The number of carbonyl (C=O) groups is 2. The molecule has 0 saturated heterocycles. The lowest BCUT2D eigenvalue weighted by Gasteiger charge is -2.09. The Morgan fingerprint density at radius 1 is 1.44 bits per heavy atom. The van der Waals surface area contributed by atoms with Gasteiger partial charge in [0, 0.05) is 26.3 Å². The van der Waals surface area contributed by atoms with Gasteiger partial charge >= 0.3 is 5.97 Å². The van der Waals surface area contributed by atoms with Crippen LogP contribution in [0.2, 0.25) is 0 Å². The Labute approximate surface area is 109 Å². The van der Waals surface area contributed by atoms with E-state index in [4.69, 9.17) is 0 Å². The van der Waals surface area contributed by atoms with Gasteiger partial charge in [0.1, 0.15) is 6.54 Å². The van der Waals surface area contributed by atoms with Crippen molar-refractivity contribution in [2.24, 2.45) is 0 Å². The second-order valence-electron chi connectivity index (χ2n) is 3.58. The number of carbonyl (C=O) groups excluding carboxylic acids is 2. The lowest BCUT2D eigenvalue weighted by atomic mass is 10.4. The van der Waals surface area contributed by atoms with Crippen molar-refractivity contribution in [3.8, 4) is 0 Å². The number of hydrogen-bond acceptors (Lipinski definition) is 7. The molecule has 0 fully saturated rings. The number of hydrogen-bond donors (Lipinski definition) is 0. The third-order valence-electron chi connectivity index (χ3n) is 2.05. The quantitative estimate of drug-likeness (QED) is 0.505. The number of aromatic nitrogens is 4. The molecule has 1 amide bonds. The maximum Gasteiger partial charge on any atom is 0.327 e. The van der Waals surface area contributed by atoms with Gasteiger partial charge in [0.05, 0.1) is 7.11 Å². The van der Waals surface area contributed by atoms with Gasteiger partial charge in [-0.3, -0.25) is 9.59 Å². The molecule has 1 aromatic rings. The van der Waals surface area contributed by atoms with Crippen LogP contribution in [0.1, 0.15) is 6.42 Å². The van der Waals surface area contributed by atoms with Crippen molar-refractivity contribution in [2.75, 3.05) is 27.0 Å². The van der Waals surface area contributed by atoms with Crippen molar-refractivity contribution >= 4 is 23.6 Å². The normalized spacial score (nSPS) is 10.2. The summed E-state index contributed by atoms with van der Waals surface area (Å²) in [6.07, 6.45) is 0.392. The van der Waals surface area contributed by atoms with Crippen LogP contribution in [-0.2, 0) is 20.9 Å². The standard InChI is InChI=1S/C9H15N5O3S/c1-13(2)7(15)4-5-18-9-10-11-12-14(9)6-8(16)17-3/h4-6H2,1-3H3. The molecule has 0 radical (unpaired) electrons. The molecule has 8 nitrogen and oxygen atoms in total. The molecule has 0 aliphatic heterocycles. The number of tetrazole rings is 1. The molecule has 0 N–H and O–H groups in total. The molecule has 0 bridgehead atoms. The van der Waals surface area contributed by atoms with Gasteiger partial charge in [-0.25, -0.2) is 4.68 Å². The Bertz CT molecular complexity index is 420. The van der Waals surface area contributed by atoms with Crippen LogP contribution < -0.4 is 0 Å². The molecule has 100 valence electrons. The molecule has 0 aliphatic rings. The van der Waals surface area contributed by atoms with E-state index in [2.05, 4.69) is 20.3 Å². The monoisotopic (exact) mass is 273 g/mol. The van der Waals surface area contributed by atoms with E-state index in [0.717, 1.165) is 0 Å². The predicted octanol–water partition coefficient (Wildman–Crippen LogP) is -0.583. The Balaban J connectivity index is 2.45. The molecule has 0 aliphatic carbocycles. The lowest BCUT2D eigenvalue weighted by Crippen LogP contribution is -2.21. The zero-order valence-electron chi connectivity index (χ0n) is 10.5. The summed E-state index contributed by atoms with van der Waals surface area (Å²) in [5, 5.41) is 11.4. The van der Waals surface area contributed by atoms with Crippen LogP contribution in [0.15, 0.2) is 5.16 Å². The minimum Gasteiger partial charge on any atom is -0.468 e. The molecule has 0 aromatic carbocycles. The summed E-state index contributed by atoms with van der Waals surface area (Å²) in [4.78, 5) is 24.0. The highest BCUT2D eigenvalue weighted by atomic mass is 32.2. The highest BCUT2D eigenvalue weighted by molar-refractivity contribution is 7.99. The van der Waals surface area contributed by atoms with Crippen molar-refractivity contribution in [3.63, 3.8) is 0 Å². The summed E-state index contributed by atoms with van der Waals surface area (Å²) >= 11 is 1.32. The summed E-state index contributed by atoms with van der Waals surface area (Å²) in [5.74, 6) is 0.168. The molecule has 1 heterocycles. The van der Waals surface area contributed by atoms with Crippen LogP contribution in [0.3, 0.4) is 0 Å². The van der Waals surface area contributed by atoms with Crippen LogP contribution in [-0.4, -0.2) is 63.9 Å². The largest absolute Gasteiger partial charge is 0.468 e. The molecule has 0 spiro atoms. The van der Waals surface area contributed by atoms with Gasteiger partial charge in [0.15, 0.2) is 0 Å². The first-order chi connectivity index (χ1) is 8.54. The average Bonchev–Trinajstić information content (AvgIpc) is 2.76. The van der Waals surface area contributed by atoms with E-state index < -0.39 is 5.97 Å². The third-order valence-corrected chi connectivity index (χ3v) is 3.01. The fourth-order valence-electron chi connectivity index (χ4n) is 1.04. The highest BCUT2D eigenvalue weighted by Gasteiger charge is 2.12. The topological polar surface area (TPSA) is 90.2 Å². The second-order valence-corrected chi connectivity index (χ2v) is 4.64. The van der Waals surface area contributed by atoms with Gasteiger partial charge in [-0.05, 0) is 10.4 Å². The van der Waals surface area contributed by atoms with Crippen molar-refractivity contribution in [1.82, 2.24) is 25.1 Å². The van der Waals surface area contributed by atoms with E-state index in [9.17, 15) is 9.59 Å². The van der Waals surface area contributed by atoms with Crippen LogP contribution in [0.4, 0.5) is 0 Å². The molecular formula is C9H15N5O3S. The van der Waals surface area contributed by atoms with Crippen LogP contribution in [0.5, 0.6) is 0 Å². The number of amides is 1. The molecular weight excluding hydrogens is 258 g/mol. The number of nitrogens with zero attached hydrogens (tertiary/aromatic N) is 5. The van der Waals surface area contributed by atoms with Crippen molar-refractivity contribution in [1.29, 1.82) is 0 Å². The molecule has 1 aromatic heterocycles. The van der Waals surface area contributed by atoms with Crippen molar-refractivity contribution in [2.45, 2.75) is 18.1 Å². The number of ether oxygens (including phenoxy) is 1. The molecule has 0 saturated carbocycles. The zero-order valence-corrected chi connectivity index (χ0v) is 11.3. The zero-order chi connectivity index (χ0) is 13.5. The maximum absolute atomic E-state index is 11.4.